The number of nitrogen functional groups attached to an aromatic ring is 1. The summed E-state index contributed by atoms with van der Waals surface area (Å²) in [4.78, 5) is 0. The van der Waals surface area contributed by atoms with Gasteiger partial charge in [-0.05, 0) is 21.8 Å². The highest BCUT2D eigenvalue weighted by Gasteiger charge is 2.11. The Labute approximate surface area is 85.9 Å². The molecule has 1 rings (SSSR count). The highest BCUT2D eigenvalue weighted by molar-refractivity contribution is 9.10. The largest absolute Gasteiger partial charge is 0.391 e. The van der Waals surface area contributed by atoms with Gasteiger partial charge in [0.1, 0.15) is 0 Å². The van der Waals surface area contributed by atoms with Crippen molar-refractivity contribution in [3.63, 3.8) is 0 Å². The van der Waals surface area contributed by atoms with E-state index < -0.39 is 0 Å². The number of anilines is 1. The van der Waals surface area contributed by atoms with Crippen molar-refractivity contribution >= 4 is 21.7 Å². The molecule has 1 unspecified atom stereocenters. The Balaban J connectivity index is 2.64. The molecule has 13 heavy (non-hydrogen) atoms. The van der Waals surface area contributed by atoms with E-state index in [1.165, 1.54) is 0 Å². The van der Waals surface area contributed by atoms with E-state index in [0.29, 0.717) is 12.4 Å². The number of aliphatic hydroxyl groups excluding tert-OH is 1. The molecule has 0 aliphatic carbocycles. The van der Waals surface area contributed by atoms with Crippen molar-refractivity contribution in [3.05, 3.63) is 10.7 Å². The van der Waals surface area contributed by atoms with Crippen molar-refractivity contribution in [2.75, 3.05) is 5.73 Å². The number of aliphatic hydroxyl groups is 1. The van der Waals surface area contributed by atoms with Crippen LogP contribution in [0, 0.1) is 5.92 Å². The van der Waals surface area contributed by atoms with Gasteiger partial charge in [0, 0.05) is 6.20 Å². The van der Waals surface area contributed by atoms with Crippen molar-refractivity contribution in [1.29, 1.82) is 0 Å². The zero-order valence-electron chi connectivity index (χ0n) is 7.74. The summed E-state index contributed by atoms with van der Waals surface area (Å²) in [6.07, 6.45) is 1.38. The van der Waals surface area contributed by atoms with Crippen LogP contribution in [-0.4, -0.2) is 21.0 Å². The highest BCUT2D eigenvalue weighted by atomic mass is 79.9. The fraction of sp³-hybridized carbons (Fsp3) is 0.625. The molecule has 0 aromatic carbocycles. The van der Waals surface area contributed by atoms with Gasteiger partial charge in [-0.25, -0.2) is 0 Å². The average Bonchev–Trinajstić information content (AvgIpc) is 2.31. The van der Waals surface area contributed by atoms with Gasteiger partial charge in [-0.3, -0.25) is 4.68 Å². The summed E-state index contributed by atoms with van der Waals surface area (Å²) in [5.41, 5.74) is 5.53. The van der Waals surface area contributed by atoms with Gasteiger partial charge in [0.05, 0.1) is 17.1 Å². The van der Waals surface area contributed by atoms with Crippen LogP contribution >= 0.6 is 15.9 Å². The molecule has 5 heteroatoms. The quantitative estimate of drug-likeness (QED) is 0.845. The van der Waals surface area contributed by atoms with E-state index in [4.69, 9.17) is 5.73 Å². The second kappa shape index (κ2) is 4.11. The maximum atomic E-state index is 9.56. The molecule has 0 fully saturated rings. The Morgan fingerprint density at radius 2 is 2.31 bits per heavy atom. The normalized spacial score (nSPS) is 13.6. The van der Waals surface area contributed by atoms with Crippen LogP contribution in [0.4, 0.5) is 5.82 Å². The van der Waals surface area contributed by atoms with Crippen LogP contribution in [0.25, 0.3) is 0 Å². The Kier molecular flexibility index (Phi) is 3.33. The van der Waals surface area contributed by atoms with E-state index in [-0.39, 0.29) is 12.0 Å². The van der Waals surface area contributed by atoms with Gasteiger partial charge in [-0.2, -0.15) is 5.10 Å². The molecule has 1 heterocycles. The van der Waals surface area contributed by atoms with E-state index in [0.717, 1.165) is 4.47 Å². The van der Waals surface area contributed by atoms with Gasteiger partial charge in [0.15, 0.2) is 5.82 Å². The van der Waals surface area contributed by atoms with Crippen LogP contribution in [0.1, 0.15) is 13.8 Å². The lowest BCUT2D eigenvalue weighted by molar-refractivity contribution is 0.103. The lowest BCUT2D eigenvalue weighted by Crippen LogP contribution is -2.22. The number of hydrogen-bond acceptors (Lipinski definition) is 3. The molecule has 0 amide bonds. The summed E-state index contributed by atoms with van der Waals surface area (Å²) >= 11 is 3.25. The third-order valence-electron chi connectivity index (χ3n) is 1.89. The zero-order valence-corrected chi connectivity index (χ0v) is 9.32. The molecule has 0 saturated carbocycles. The monoisotopic (exact) mass is 247 g/mol. The minimum atomic E-state index is -0.383. The number of nitrogens with two attached hydrogens (primary N) is 1. The molecule has 0 aliphatic heterocycles. The summed E-state index contributed by atoms with van der Waals surface area (Å²) in [6, 6.07) is 0. The van der Waals surface area contributed by atoms with Crippen LogP contribution < -0.4 is 5.73 Å². The van der Waals surface area contributed by atoms with Gasteiger partial charge in [0.25, 0.3) is 0 Å². The third kappa shape index (κ3) is 2.70. The van der Waals surface area contributed by atoms with E-state index in [1.54, 1.807) is 10.9 Å². The van der Waals surface area contributed by atoms with Crippen LogP contribution in [0.5, 0.6) is 0 Å². The predicted octanol–water partition coefficient (Wildman–Crippen LogP) is 1.24. The molecule has 3 N–H and O–H groups in total. The van der Waals surface area contributed by atoms with Crippen molar-refractivity contribution in [2.24, 2.45) is 5.92 Å². The van der Waals surface area contributed by atoms with Crippen LogP contribution in [0.15, 0.2) is 10.7 Å². The van der Waals surface area contributed by atoms with Gasteiger partial charge in [-0.15, -0.1) is 0 Å². The zero-order chi connectivity index (χ0) is 10.0. The van der Waals surface area contributed by atoms with Gasteiger partial charge < -0.3 is 10.8 Å². The summed E-state index contributed by atoms with van der Waals surface area (Å²) in [5.74, 6) is 0.681. The van der Waals surface area contributed by atoms with Crippen LogP contribution in [0.3, 0.4) is 0 Å². The fourth-order valence-corrected chi connectivity index (χ4v) is 1.22. The first-order chi connectivity index (χ1) is 6.00. The first-order valence-corrected chi connectivity index (χ1v) is 4.96. The van der Waals surface area contributed by atoms with E-state index >= 15 is 0 Å². The molecule has 0 spiro atoms. The highest BCUT2D eigenvalue weighted by Crippen LogP contribution is 2.17. The minimum Gasteiger partial charge on any atom is -0.391 e. The Morgan fingerprint density at radius 1 is 1.69 bits per heavy atom. The lowest BCUT2D eigenvalue weighted by atomic mass is 10.1. The number of hydrogen-bond donors (Lipinski definition) is 2. The summed E-state index contributed by atoms with van der Waals surface area (Å²) in [6.45, 7) is 4.41. The average molecular weight is 248 g/mol. The van der Waals surface area contributed by atoms with Gasteiger partial charge in [-0.1, -0.05) is 13.8 Å². The number of halogens is 1. The molecule has 4 nitrogen and oxygen atoms in total. The first-order valence-electron chi connectivity index (χ1n) is 4.17. The van der Waals surface area contributed by atoms with Crippen molar-refractivity contribution in [3.8, 4) is 0 Å². The van der Waals surface area contributed by atoms with E-state index in [1.807, 2.05) is 13.8 Å². The lowest BCUT2D eigenvalue weighted by Gasteiger charge is -2.13. The third-order valence-corrected chi connectivity index (χ3v) is 2.50. The molecular formula is C8H14BrN3O. The van der Waals surface area contributed by atoms with E-state index in [2.05, 4.69) is 21.0 Å². The standard InChI is InChI=1S/C8H14BrN3O/c1-5(2)7(13)4-12-3-6(9)8(10)11-12/h3,5,7,13H,4H2,1-2H3,(H2,10,11). The molecule has 0 bridgehead atoms. The molecule has 1 aromatic rings. The van der Waals surface area contributed by atoms with E-state index in [9.17, 15) is 5.11 Å². The summed E-state index contributed by atoms with van der Waals surface area (Å²) in [5, 5.41) is 13.6. The van der Waals surface area contributed by atoms with Gasteiger partial charge >= 0.3 is 0 Å². The molecule has 1 atom stereocenters. The predicted molar refractivity (Wildman–Crippen MR) is 55.2 cm³/mol. The topological polar surface area (TPSA) is 64.1 Å². The molecule has 1 aromatic heterocycles. The Morgan fingerprint density at radius 3 is 2.69 bits per heavy atom. The number of nitrogens with zero attached hydrogens (tertiary/aromatic N) is 2. The minimum absolute atomic E-state index is 0.226. The molecule has 0 saturated heterocycles. The Bertz CT molecular complexity index is 265. The maximum Gasteiger partial charge on any atom is 0.159 e. The van der Waals surface area contributed by atoms with Crippen LogP contribution in [-0.2, 0) is 6.54 Å². The SMILES string of the molecule is CC(C)C(O)Cn1cc(Br)c(N)n1. The summed E-state index contributed by atoms with van der Waals surface area (Å²) in [7, 11) is 0. The molecule has 0 radical (unpaired) electrons. The molecule has 0 aliphatic rings. The summed E-state index contributed by atoms with van der Waals surface area (Å²) < 4.78 is 2.41. The smallest absolute Gasteiger partial charge is 0.159 e. The maximum absolute atomic E-state index is 9.56. The number of aromatic nitrogens is 2. The van der Waals surface area contributed by atoms with Crippen LogP contribution in [0.2, 0.25) is 0 Å². The second-order valence-corrected chi connectivity index (χ2v) is 4.25. The van der Waals surface area contributed by atoms with Crippen molar-refractivity contribution in [1.82, 2.24) is 9.78 Å². The van der Waals surface area contributed by atoms with Crippen molar-refractivity contribution < 1.29 is 5.11 Å². The first kappa shape index (κ1) is 10.5. The number of rotatable bonds is 3. The second-order valence-electron chi connectivity index (χ2n) is 3.40. The molecule has 74 valence electrons. The fourth-order valence-electron chi connectivity index (χ4n) is 0.908. The Hall–Kier alpha value is -0.550. The molecular weight excluding hydrogens is 234 g/mol. The van der Waals surface area contributed by atoms with Gasteiger partial charge in [0.2, 0.25) is 0 Å². The van der Waals surface area contributed by atoms with Crippen molar-refractivity contribution in [2.45, 2.75) is 26.5 Å².